The molecule has 4 heteroatoms. The minimum atomic E-state index is -0.309. The molecule has 0 spiro atoms. The maximum absolute atomic E-state index is 11.8. The van der Waals surface area contributed by atoms with Crippen molar-refractivity contribution < 1.29 is 5.11 Å². The summed E-state index contributed by atoms with van der Waals surface area (Å²) in [5, 5.41) is 9.79. The number of unbranched alkanes of at least 4 members (excludes halogenated alkanes) is 1. The number of nitrogens with zero attached hydrogens (tertiary/aromatic N) is 2. The third-order valence-corrected chi connectivity index (χ3v) is 4.05. The van der Waals surface area contributed by atoms with Gasteiger partial charge in [-0.05, 0) is 25.1 Å². The average Bonchev–Trinajstić information content (AvgIpc) is 2.56. The van der Waals surface area contributed by atoms with Gasteiger partial charge in [0.05, 0.1) is 6.20 Å². The Morgan fingerprint density at radius 2 is 1.91 bits per heavy atom. The molecular weight excluding hydrogens is 288 g/mol. The molecule has 1 aromatic carbocycles. The van der Waals surface area contributed by atoms with Gasteiger partial charge in [0.1, 0.15) is 0 Å². The molecule has 2 aromatic rings. The van der Waals surface area contributed by atoms with Crippen LogP contribution in [0.15, 0.2) is 47.4 Å². The Morgan fingerprint density at radius 1 is 1.17 bits per heavy atom. The molecule has 1 heterocycles. The van der Waals surface area contributed by atoms with Gasteiger partial charge < -0.3 is 9.67 Å². The second-order valence-electron chi connectivity index (χ2n) is 5.85. The molecule has 2 rings (SSSR count). The Hall–Kier alpha value is -2.07. The molecular formula is C19H26N2O2. The average molecular weight is 314 g/mol. The van der Waals surface area contributed by atoms with Crippen LogP contribution in [-0.2, 0) is 13.1 Å². The van der Waals surface area contributed by atoms with Gasteiger partial charge in [0.2, 0.25) is 5.43 Å². The van der Waals surface area contributed by atoms with Gasteiger partial charge in [-0.2, -0.15) is 0 Å². The van der Waals surface area contributed by atoms with Gasteiger partial charge >= 0.3 is 0 Å². The highest BCUT2D eigenvalue weighted by atomic mass is 16.3. The monoisotopic (exact) mass is 314 g/mol. The fourth-order valence-electron chi connectivity index (χ4n) is 2.63. The molecule has 0 aliphatic rings. The number of benzene rings is 1. The van der Waals surface area contributed by atoms with Crippen molar-refractivity contribution in [3.05, 3.63) is 64.1 Å². The smallest absolute Gasteiger partial charge is 0.223 e. The second-order valence-corrected chi connectivity index (χ2v) is 5.85. The van der Waals surface area contributed by atoms with E-state index in [2.05, 4.69) is 18.7 Å². The summed E-state index contributed by atoms with van der Waals surface area (Å²) in [6.07, 6.45) is 3.86. The lowest BCUT2D eigenvalue weighted by atomic mass is 10.2. The number of aromatic nitrogens is 1. The molecule has 4 nitrogen and oxygen atoms in total. The van der Waals surface area contributed by atoms with Gasteiger partial charge in [-0.3, -0.25) is 9.69 Å². The Labute approximate surface area is 138 Å². The van der Waals surface area contributed by atoms with Crippen molar-refractivity contribution >= 4 is 0 Å². The number of rotatable bonds is 8. The van der Waals surface area contributed by atoms with E-state index in [1.807, 2.05) is 34.9 Å². The number of aromatic hydroxyl groups is 1. The third-order valence-electron chi connectivity index (χ3n) is 4.05. The first-order valence-corrected chi connectivity index (χ1v) is 8.32. The van der Waals surface area contributed by atoms with Crippen LogP contribution in [0.1, 0.15) is 37.9 Å². The van der Waals surface area contributed by atoms with Crippen LogP contribution in [0.5, 0.6) is 5.75 Å². The quantitative estimate of drug-likeness (QED) is 0.813. The summed E-state index contributed by atoms with van der Waals surface area (Å²) in [7, 11) is 0. The highest BCUT2D eigenvalue weighted by Crippen LogP contribution is 2.12. The number of hydrogen-bond donors (Lipinski definition) is 1. The van der Waals surface area contributed by atoms with E-state index >= 15 is 0 Å². The predicted molar refractivity (Wildman–Crippen MR) is 93.8 cm³/mol. The Balaban J connectivity index is 2.26. The van der Waals surface area contributed by atoms with E-state index < -0.39 is 0 Å². The van der Waals surface area contributed by atoms with Gasteiger partial charge in [-0.1, -0.05) is 50.6 Å². The molecule has 1 N–H and O–H groups in total. The molecule has 1 aromatic heterocycles. The summed E-state index contributed by atoms with van der Waals surface area (Å²) >= 11 is 0. The van der Waals surface area contributed by atoms with Crippen molar-refractivity contribution in [1.82, 2.24) is 9.47 Å². The van der Waals surface area contributed by atoms with E-state index in [0.717, 1.165) is 43.7 Å². The summed E-state index contributed by atoms with van der Waals surface area (Å²) in [4.78, 5) is 14.2. The summed E-state index contributed by atoms with van der Waals surface area (Å²) in [5.41, 5.74) is 1.78. The van der Waals surface area contributed by atoms with Crippen LogP contribution >= 0.6 is 0 Å². The fraction of sp³-hybridized carbons (Fsp3) is 0.421. The molecule has 0 saturated carbocycles. The normalized spacial score (nSPS) is 11.1. The zero-order valence-corrected chi connectivity index (χ0v) is 14.0. The Morgan fingerprint density at radius 3 is 2.57 bits per heavy atom. The number of pyridine rings is 1. The SMILES string of the molecule is CCCCN(CC)Cc1cc(=O)c(O)cn1Cc1ccccc1. The predicted octanol–water partition coefficient (Wildman–Crippen LogP) is 3.22. The summed E-state index contributed by atoms with van der Waals surface area (Å²) < 4.78 is 1.97. The molecule has 0 fully saturated rings. The first-order valence-electron chi connectivity index (χ1n) is 8.32. The molecule has 0 amide bonds. The molecule has 124 valence electrons. The standard InChI is InChI=1S/C19H26N2O2/c1-3-5-11-20(4-2)14-17-12-18(22)19(23)15-21(17)13-16-9-7-6-8-10-16/h6-10,12,15,23H,3-5,11,13-14H2,1-2H3. The van der Waals surface area contributed by atoms with Crippen molar-refractivity contribution in [3.8, 4) is 5.75 Å². The summed E-state index contributed by atoms with van der Waals surface area (Å²) in [5.74, 6) is -0.193. The topological polar surface area (TPSA) is 45.5 Å². The zero-order valence-electron chi connectivity index (χ0n) is 14.0. The molecule has 0 saturated heterocycles. The highest BCUT2D eigenvalue weighted by Gasteiger charge is 2.10. The maximum atomic E-state index is 11.8. The van der Waals surface area contributed by atoms with Crippen LogP contribution in [0.2, 0.25) is 0 Å². The van der Waals surface area contributed by atoms with Gasteiger partial charge in [0.15, 0.2) is 5.75 Å². The summed E-state index contributed by atoms with van der Waals surface area (Å²) in [6, 6.07) is 11.6. The largest absolute Gasteiger partial charge is 0.503 e. The van der Waals surface area contributed by atoms with Crippen LogP contribution in [0, 0.1) is 0 Å². The third kappa shape index (κ3) is 4.96. The van der Waals surface area contributed by atoms with E-state index in [9.17, 15) is 9.90 Å². The molecule has 0 radical (unpaired) electrons. The molecule has 0 aliphatic heterocycles. The van der Waals surface area contributed by atoms with Crippen LogP contribution in [0.25, 0.3) is 0 Å². The van der Waals surface area contributed by atoms with Crippen LogP contribution in [0.3, 0.4) is 0 Å². The second kappa shape index (κ2) is 8.53. The fourth-order valence-corrected chi connectivity index (χ4v) is 2.63. The lowest BCUT2D eigenvalue weighted by Gasteiger charge is -2.23. The molecule has 0 aliphatic carbocycles. The van der Waals surface area contributed by atoms with Crippen LogP contribution in [-0.4, -0.2) is 27.7 Å². The van der Waals surface area contributed by atoms with Crippen LogP contribution < -0.4 is 5.43 Å². The first kappa shape index (κ1) is 17.3. The lowest BCUT2D eigenvalue weighted by Crippen LogP contribution is -2.27. The Bertz CT molecular complexity index is 665. The lowest BCUT2D eigenvalue weighted by molar-refractivity contribution is 0.267. The van der Waals surface area contributed by atoms with Gasteiger partial charge in [-0.25, -0.2) is 0 Å². The Kier molecular flexibility index (Phi) is 6.41. The summed E-state index contributed by atoms with van der Waals surface area (Å²) in [6.45, 7) is 7.65. The van der Waals surface area contributed by atoms with Crippen molar-refractivity contribution in [1.29, 1.82) is 0 Å². The molecule has 23 heavy (non-hydrogen) atoms. The molecule has 0 bridgehead atoms. The van der Waals surface area contributed by atoms with Crippen molar-refractivity contribution in [2.75, 3.05) is 13.1 Å². The minimum absolute atomic E-state index is 0.193. The number of hydrogen-bond acceptors (Lipinski definition) is 3. The first-order chi connectivity index (χ1) is 11.1. The van der Waals surface area contributed by atoms with Gasteiger partial charge in [0, 0.05) is 24.8 Å². The molecule has 0 atom stereocenters. The van der Waals surface area contributed by atoms with Crippen molar-refractivity contribution in [2.45, 2.75) is 39.8 Å². The highest BCUT2D eigenvalue weighted by molar-refractivity contribution is 5.23. The van der Waals surface area contributed by atoms with Gasteiger partial charge in [-0.15, -0.1) is 0 Å². The minimum Gasteiger partial charge on any atom is -0.503 e. The van der Waals surface area contributed by atoms with Crippen molar-refractivity contribution in [3.63, 3.8) is 0 Å². The van der Waals surface area contributed by atoms with Gasteiger partial charge in [0.25, 0.3) is 0 Å². The molecule has 0 unspecified atom stereocenters. The van der Waals surface area contributed by atoms with E-state index in [1.54, 1.807) is 12.3 Å². The van der Waals surface area contributed by atoms with Crippen LogP contribution in [0.4, 0.5) is 0 Å². The van der Waals surface area contributed by atoms with Crippen molar-refractivity contribution in [2.24, 2.45) is 0 Å². The van der Waals surface area contributed by atoms with E-state index in [0.29, 0.717) is 6.54 Å². The zero-order chi connectivity index (χ0) is 16.7. The maximum Gasteiger partial charge on any atom is 0.223 e. The van der Waals surface area contributed by atoms with E-state index in [4.69, 9.17) is 0 Å². The van der Waals surface area contributed by atoms with E-state index in [1.165, 1.54) is 0 Å². The van der Waals surface area contributed by atoms with E-state index in [-0.39, 0.29) is 11.2 Å².